The number of nitrogens with zero attached hydrogens (tertiary/aromatic N) is 3. The van der Waals surface area contributed by atoms with Crippen molar-refractivity contribution in [3.8, 4) is 22.3 Å². The van der Waals surface area contributed by atoms with Crippen molar-refractivity contribution in [2.75, 3.05) is 12.8 Å². The molecule has 4 N–H and O–H groups in total. The quantitative estimate of drug-likeness (QED) is 0.808. The molecule has 6 nitrogen and oxygen atoms in total. The summed E-state index contributed by atoms with van der Waals surface area (Å²) < 4.78 is 0. The Morgan fingerprint density at radius 1 is 1.32 bits per heavy atom. The van der Waals surface area contributed by atoms with E-state index in [9.17, 15) is 4.79 Å². The van der Waals surface area contributed by atoms with Gasteiger partial charge in [0.15, 0.2) is 5.96 Å². The number of aliphatic imine (C=N–C) groups is 1. The highest BCUT2D eigenvalue weighted by Crippen LogP contribution is 2.43. The van der Waals surface area contributed by atoms with Gasteiger partial charge >= 0.3 is 0 Å². The highest BCUT2D eigenvalue weighted by Gasteiger charge is 2.37. The fraction of sp³-hybridized carbons (Fsp3) is 0.278. The number of nitrogen functional groups attached to an aromatic ring is 1. The van der Waals surface area contributed by atoms with Gasteiger partial charge in [-0.2, -0.15) is 0 Å². The zero-order chi connectivity index (χ0) is 18.2. The molecule has 0 fully saturated rings. The number of hydrogen-bond donors (Lipinski definition) is 2. The maximum Gasteiger partial charge on any atom is 0.231 e. The van der Waals surface area contributed by atoms with Gasteiger partial charge in [-0.3, -0.25) is 14.7 Å². The first-order valence-electron chi connectivity index (χ1n) is 7.74. The van der Waals surface area contributed by atoms with Gasteiger partial charge in [0.1, 0.15) is 5.54 Å². The number of amides is 1. The van der Waals surface area contributed by atoms with E-state index in [1.54, 1.807) is 26.4 Å². The second-order valence-corrected chi connectivity index (χ2v) is 7.16. The molecular weight excluding hydrogens is 334 g/mol. The molecule has 0 unspecified atom stereocenters. The Kier molecular flexibility index (Phi) is 4.23. The molecule has 2 aromatic rings. The summed E-state index contributed by atoms with van der Waals surface area (Å²) in [5, 5.41) is 0. The van der Waals surface area contributed by atoms with Crippen LogP contribution in [0.15, 0.2) is 29.5 Å². The minimum absolute atomic E-state index is 0.0644. The first-order valence-corrected chi connectivity index (χ1v) is 8.55. The molecule has 3 rings (SSSR count). The van der Waals surface area contributed by atoms with Crippen LogP contribution in [0.3, 0.4) is 0 Å². The molecule has 1 amide bonds. The highest BCUT2D eigenvalue weighted by atomic mass is 32.1. The zero-order valence-electron chi connectivity index (χ0n) is 14.3. The van der Waals surface area contributed by atoms with Crippen LogP contribution in [0.2, 0.25) is 0 Å². The number of carbonyl (C=O) groups is 1. The van der Waals surface area contributed by atoms with E-state index in [0.29, 0.717) is 5.69 Å². The van der Waals surface area contributed by atoms with Gasteiger partial charge in [-0.15, -0.1) is 17.3 Å². The number of pyridine rings is 1. The molecule has 0 bridgehead atoms. The van der Waals surface area contributed by atoms with Gasteiger partial charge in [-0.25, -0.2) is 4.99 Å². The zero-order valence-corrected chi connectivity index (χ0v) is 15.1. The predicted molar refractivity (Wildman–Crippen MR) is 101 cm³/mol. The first-order chi connectivity index (χ1) is 11.8. The Labute approximate surface area is 150 Å². The summed E-state index contributed by atoms with van der Waals surface area (Å²) in [6.07, 6.45) is 3.72. The monoisotopic (exact) mass is 353 g/mol. The second-order valence-electron chi connectivity index (χ2n) is 6.11. The normalized spacial score (nSPS) is 20.0. The Hall–Kier alpha value is -2.85. The lowest BCUT2D eigenvalue weighted by atomic mass is 9.94. The van der Waals surface area contributed by atoms with Gasteiger partial charge in [0, 0.05) is 35.4 Å². The van der Waals surface area contributed by atoms with Crippen LogP contribution >= 0.6 is 11.3 Å². The minimum atomic E-state index is -0.709. The first kappa shape index (κ1) is 17.0. The van der Waals surface area contributed by atoms with Crippen molar-refractivity contribution in [1.82, 2.24) is 9.88 Å². The molecule has 2 aromatic heterocycles. The molecule has 0 saturated carbocycles. The van der Waals surface area contributed by atoms with Crippen LogP contribution in [0.4, 0.5) is 5.69 Å². The van der Waals surface area contributed by atoms with Gasteiger partial charge in [0.05, 0.1) is 17.0 Å². The third-order valence-electron chi connectivity index (χ3n) is 4.14. The summed E-state index contributed by atoms with van der Waals surface area (Å²) in [6.45, 7) is 3.68. The standard InChI is InChI=1S/C18H19N5OS/c1-4-5-11-6-12(10-21-9-11)16-13(19)7-14(25-16)18(2)8-15(24)23(3)17(20)22-18/h6-7,9-10H,8,19H2,1-3H3,(H2,20,22)/t18-/m0/s1. The van der Waals surface area contributed by atoms with Gasteiger partial charge in [-0.05, 0) is 26.0 Å². The number of rotatable bonds is 2. The SMILES string of the molecule is CC#Cc1cncc(-c2sc([C@]3(C)CC(=O)N(C)C(N)=N3)cc2N)c1. The number of thiophene rings is 1. The summed E-state index contributed by atoms with van der Waals surface area (Å²) in [7, 11) is 1.63. The van der Waals surface area contributed by atoms with E-state index in [4.69, 9.17) is 11.5 Å². The molecule has 1 aliphatic heterocycles. The fourth-order valence-electron chi connectivity index (χ4n) is 2.72. The number of anilines is 1. The van der Waals surface area contributed by atoms with Crippen molar-refractivity contribution in [1.29, 1.82) is 0 Å². The van der Waals surface area contributed by atoms with Gasteiger partial charge in [0.2, 0.25) is 5.91 Å². The van der Waals surface area contributed by atoms with Crippen molar-refractivity contribution in [2.45, 2.75) is 25.8 Å². The molecule has 128 valence electrons. The molecule has 0 radical (unpaired) electrons. The smallest absolute Gasteiger partial charge is 0.231 e. The van der Waals surface area contributed by atoms with Crippen LogP contribution in [0.5, 0.6) is 0 Å². The third kappa shape index (κ3) is 3.08. The van der Waals surface area contributed by atoms with Gasteiger partial charge < -0.3 is 11.5 Å². The van der Waals surface area contributed by atoms with Crippen molar-refractivity contribution in [3.63, 3.8) is 0 Å². The van der Waals surface area contributed by atoms with Gasteiger partial charge in [0.25, 0.3) is 0 Å². The van der Waals surface area contributed by atoms with Crippen LogP contribution in [-0.4, -0.2) is 28.8 Å². The molecule has 25 heavy (non-hydrogen) atoms. The molecule has 0 spiro atoms. The van der Waals surface area contributed by atoms with Crippen LogP contribution in [0.25, 0.3) is 10.4 Å². The van der Waals surface area contributed by atoms with E-state index in [1.165, 1.54) is 16.2 Å². The molecule has 0 aliphatic carbocycles. The number of carbonyl (C=O) groups excluding carboxylic acids is 1. The average molecular weight is 353 g/mol. The van der Waals surface area contributed by atoms with Crippen LogP contribution in [0.1, 0.15) is 30.7 Å². The fourth-order valence-corrected chi connectivity index (χ4v) is 3.87. The molecule has 7 heteroatoms. The number of hydrogen-bond acceptors (Lipinski definition) is 6. The van der Waals surface area contributed by atoms with Crippen molar-refractivity contribution >= 4 is 28.9 Å². The lowest BCUT2D eigenvalue weighted by Crippen LogP contribution is -2.47. The molecule has 1 aliphatic rings. The summed E-state index contributed by atoms with van der Waals surface area (Å²) >= 11 is 1.50. The highest BCUT2D eigenvalue weighted by molar-refractivity contribution is 7.16. The predicted octanol–water partition coefficient (Wildman–Crippen LogP) is 2.16. The van der Waals surface area contributed by atoms with E-state index in [0.717, 1.165) is 20.9 Å². The van der Waals surface area contributed by atoms with Crippen LogP contribution in [-0.2, 0) is 10.3 Å². The van der Waals surface area contributed by atoms with Crippen LogP contribution < -0.4 is 11.5 Å². The third-order valence-corrected chi connectivity index (χ3v) is 5.59. The van der Waals surface area contributed by atoms with Crippen molar-refractivity contribution in [2.24, 2.45) is 10.7 Å². The van der Waals surface area contributed by atoms with Crippen molar-refractivity contribution in [3.05, 3.63) is 35.0 Å². The molecule has 0 saturated heterocycles. The van der Waals surface area contributed by atoms with E-state index in [-0.39, 0.29) is 18.3 Å². The topological polar surface area (TPSA) is 97.6 Å². The Morgan fingerprint density at radius 2 is 2.08 bits per heavy atom. The van der Waals surface area contributed by atoms with E-state index in [1.807, 2.05) is 19.1 Å². The summed E-state index contributed by atoms with van der Waals surface area (Å²) in [4.78, 5) is 24.1. The van der Waals surface area contributed by atoms with Crippen molar-refractivity contribution < 1.29 is 4.79 Å². The number of nitrogens with two attached hydrogens (primary N) is 2. The van der Waals surface area contributed by atoms with Gasteiger partial charge in [-0.1, -0.05) is 5.92 Å². The maximum absolute atomic E-state index is 12.2. The molecule has 3 heterocycles. The van der Waals surface area contributed by atoms with E-state index < -0.39 is 5.54 Å². The lowest BCUT2D eigenvalue weighted by molar-refractivity contribution is -0.128. The summed E-state index contributed by atoms with van der Waals surface area (Å²) in [5.74, 6) is 6.01. The minimum Gasteiger partial charge on any atom is -0.398 e. The van der Waals surface area contributed by atoms with E-state index in [2.05, 4.69) is 21.8 Å². The Balaban J connectivity index is 2.05. The number of aromatic nitrogens is 1. The average Bonchev–Trinajstić information content (AvgIpc) is 2.96. The van der Waals surface area contributed by atoms with E-state index >= 15 is 0 Å². The maximum atomic E-state index is 12.2. The largest absolute Gasteiger partial charge is 0.398 e. The molecular formula is C18H19N5OS. The molecule has 0 aromatic carbocycles. The van der Waals surface area contributed by atoms with Crippen LogP contribution in [0, 0.1) is 11.8 Å². The summed E-state index contributed by atoms with van der Waals surface area (Å²) in [5.41, 5.74) is 13.8. The molecule has 1 atom stereocenters. The Morgan fingerprint density at radius 3 is 2.76 bits per heavy atom. The number of guanidine groups is 1. The lowest BCUT2D eigenvalue weighted by Gasteiger charge is -2.32. The summed E-state index contributed by atoms with van der Waals surface area (Å²) in [6, 6.07) is 3.82. The Bertz CT molecular complexity index is 936. The second kappa shape index (κ2) is 6.22.